The summed E-state index contributed by atoms with van der Waals surface area (Å²) in [6.07, 6.45) is 1.71. The zero-order valence-electron chi connectivity index (χ0n) is 13.6. The molecular formula is C18H18N2O3S2. The third-order valence-corrected chi connectivity index (χ3v) is 6.62. The zero-order chi connectivity index (χ0) is 17.7. The number of nitrogens with zero attached hydrogens (tertiary/aromatic N) is 1. The first-order valence-electron chi connectivity index (χ1n) is 7.68. The van der Waals surface area contributed by atoms with Gasteiger partial charge in [-0.3, -0.25) is 4.98 Å². The summed E-state index contributed by atoms with van der Waals surface area (Å²) in [7, 11) is -1.91. The van der Waals surface area contributed by atoms with Gasteiger partial charge in [-0.15, -0.1) is 11.3 Å². The fourth-order valence-electron chi connectivity index (χ4n) is 2.49. The van der Waals surface area contributed by atoms with Gasteiger partial charge in [-0.25, -0.2) is 13.1 Å². The van der Waals surface area contributed by atoms with Crippen molar-refractivity contribution >= 4 is 21.4 Å². The number of aromatic nitrogens is 1. The maximum absolute atomic E-state index is 12.4. The summed E-state index contributed by atoms with van der Waals surface area (Å²) in [5, 5.41) is 1.74. The van der Waals surface area contributed by atoms with Gasteiger partial charge in [-0.2, -0.15) is 0 Å². The van der Waals surface area contributed by atoms with Crippen molar-refractivity contribution in [2.45, 2.75) is 10.1 Å². The molecule has 0 aliphatic heterocycles. The molecule has 0 aliphatic carbocycles. The predicted octanol–water partition coefficient (Wildman–Crippen LogP) is 3.26. The Bertz CT molecular complexity index is 893. The minimum atomic E-state index is -3.52. The number of methoxy groups -OCH3 is 1. The molecule has 1 unspecified atom stereocenters. The van der Waals surface area contributed by atoms with Crippen LogP contribution < -0.4 is 9.46 Å². The van der Waals surface area contributed by atoms with E-state index >= 15 is 0 Å². The first-order valence-corrected chi connectivity index (χ1v) is 10.0. The molecule has 0 radical (unpaired) electrons. The SMILES string of the molecule is COc1ccc(C(CNS(=O)(=O)c2cccs2)c2ccccn2)cc1. The van der Waals surface area contributed by atoms with E-state index in [0.717, 1.165) is 17.0 Å². The smallest absolute Gasteiger partial charge is 0.250 e. The van der Waals surface area contributed by atoms with Crippen molar-refractivity contribution < 1.29 is 13.2 Å². The highest BCUT2D eigenvalue weighted by atomic mass is 32.2. The lowest BCUT2D eigenvalue weighted by Crippen LogP contribution is -2.28. The van der Waals surface area contributed by atoms with Crippen LogP contribution in [-0.2, 0) is 10.0 Å². The number of ether oxygens (including phenoxy) is 1. The van der Waals surface area contributed by atoms with E-state index in [1.54, 1.807) is 30.8 Å². The predicted molar refractivity (Wildman–Crippen MR) is 98.6 cm³/mol. The lowest BCUT2D eigenvalue weighted by molar-refractivity contribution is 0.414. The van der Waals surface area contributed by atoms with Gasteiger partial charge < -0.3 is 4.74 Å². The Hall–Kier alpha value is -2.22. The van der Waals surface area contributed by atoms with Crippen molar-refractivity contribution in [2.24, 2.45) is 0 Å². The normalized spacial score (nSPS) is 12.7. The Morgan fingerprint density at radius 3 is 2.52 bits per heavy atom. The first kappa shape index (κ1) is 17.6. The molecular weight excluding hydrogens is 356 g/mol. The number of hydrogen-bond donors (Lipinski definition) is 1. The summed E-state index contributed by atoms with van der Waals surface area (Å²) in [4.78, 5) is 4.40. The van der Waals surface area contributed by atoms with E-state index in [1.807, 2.05) is 42.5 Å². The molecule has 25 heavy (non-hydrogen) atoms. The highest BCUT2D eigenvalue weighted by Crippen LogP contribution is 2.25. The summed E-state index contributed by atoms with van der Waals surface area (Å²) < 4.78 is 33.0. The average Bonchev–Trinajstić information content (AvgIpc) is 3.19. The van der Waals surface area contributed by atoms with E-state index in [2.05, 4.69) is 9.71 Å². The largest absolute Gasteiger partial charge is 0.497 e. The zero-order valence-corrected chi connectivity index (χ0v) is 15.3. The van der Waals surface area contributed by atoms with Crippen LogP contribution >= 0.6 is 11.3 Å². The quantitative estimate of drug-likeness (QED) is 0.689. The van der Waals surface area contributed by atoms with Gasteiger partial charge in [0.15, 0.2) is 0 Å². The molecule has 5 nitrogen and oxygen atoms in total. The summed E-state index contributed by atoms with van der Waals surface area (Å²) in [5.74, 6) is 0.560. The van der Waals surface area contributed by atoms with Crippen molar-refractivity contribution in [1.82, 2.24) is 9.71 Å². The summed E-state index contributed by atoms with van der Waals surface area (Å²) in [5.41, 5.74) is 1.77. The van der Waals surface area contributed by atoms with Crippen molar-refractivity contribution in [2.75, 3.05) is 13.7 Å². The van der Waals surface area contributed by atoms with Gasteiger partial charge in [0.05, 0.1) is 7.11 Å². The molecule has 0 saturated carbocycles. The molecule has 3 aromatic rings. The Morgan fingerprint density at radius 1 is 1.12 bits per heavy atom. The second-order valence-corrected chi connectivity index (χ2v) is 8.31. The van der Waals surface area contributed by atoms with Crippen LogP contribution in [0.1, 0.15) is 17.2 Å². The van der Waals surface area contributed by atoms with Gasteiger partial charge in [0, 0.05) is 24.4 Å². The standard InChI is InChI=1S/C18H18N2O3S2/c1-23-15-9-7-14(8-10-15)16(17-5-2-3-11-19-17)13-20-25(21,22)18-6-4-12-24-18/h2-12,16,20H,13H2,1H3. The molecule has 0 saturated heterocycles. The molecule has 1 atom stereocenters. The number of hydrogen-bond acceptors (Lipinski definition) is 5. The molecule has 0 spiro atoms. The maximum atomic E-state index is 12.4. The number of sulfonamides is 1. The van der Waals surface area contributed by atoms with Crippen LogP contribution in [0.25, 0.3) is 0 Å². The summed E-state index contributed by atoms with van der Waals surface area (Å²) in [6.45, 7) is 0.226. The van der Waals surface area contributed by atoms with Crippen molar-refractivity contribution in [1.29, 1.82) is 0 Å². The third kappa shape index (κ3) is 4.25. The van der Waals surface area contributed by atoms with Gasteiger partial charge in [-0.1, -0.05) is 24.3 Å². The highest BCUT2D eigenvalue weighted by Gasteiger charge is 2.21. The summed E-state index contributed by atoms with van der Waals surface area (Å²) in [6, 6.07) is 16.5. The van der Waals surface area contributed by atoms with Gasteiger partial charge in [0.2, 0.25) is 10.0 Å². The van der Waals surface area contributed by atoms with E-state index in [9.17, 15) is 8.42 Å². The number of pyridine rings is 1. The second-order valence-electron chi connectivity index (χ2n) is 5.36. The van der Waals surface area contributed by atoms with Crippen molar-refractivity contribution in [3.63, 3.8) is 0 Å². The molecule has 0 fully saturated rings. The lowest BCUT2D eigenvalue weighted by Gasteiger charge is -2.18. The Morgan fingerprint density at radius 2 is 1.92 bits per heavy atom. The van der Waals surface area contributed by atoms with Crippen LogP contribution in [0.2, 0.25) is 0 Å². The van der Waals surface area contributed by atoms with Gasteiger partial charge in [0.1, 0.15) is 9.96 Å². The minimum absolute atomic E-state index is 0.193. The fourth-order valence-corrected chi connectivity index (χ4v) is 4.58. The molecule has 0 bridgehead atoms. The van der Waals surface area contributed by atoms with Crippen LogP contribution in [0.5, 0.6) is 5.75 Å². The second kappa shape index (κ2) is 7.77. The number of rotatable bonds is 7. The fraction of sp³-hybridized carbons (Fsp3) is 0.167. The minimum Gasteiger partial charge on any atom is -0.497 e. The van der Waals surface area contributed by atoms with Crippen LogP contribution in [0.15, 0.2) is 70.4 Å². The molecule has 2 heterocycles. The molecule has 130 valence electrons. The van der Waals surface area contributed by atoms with E-state index < -0.39 is 10.0 Å². The molecule has 2 aromatic heterocycles. The Balaban J connectivity index is 1.86. The first-order chi connectivity index (χ1) is 12.1. The molecule has 3 rings (SSSR count). The van der Waals surface area contributed by atoms with E-state index in [-0.39, 0.29) is 12.5 Å². The highest BCUT2D eigenvalue weighted by molar-refractivity contribution is 7.91. The number of benzene rings is 1. The van der Waals surface area contributed by atoms with Crippen molar-refractivity contribution in [3.05, 3.63) is 77.4 Å². The topological polar surface area (TPSA) is 68.3 Å². The average molecular weight is 374 g/mol. The van der Waals surface area contributed by atoms with E-state index in [4.69, 9.17) is 4.74 Å². The van der Waals surface area contributed by atoms with Crippen LogP contribution in [0, 0.1) is 0 Å². The van der Waals surface area contributed by atoms with E-state index in [1.165, 1.54) is 11.3 Å². The molecule has 0 amide bonds. The maximum Gasteiger partial charge on any atom is 0.250 e. The monoisotopic (exact) mass is 374 g/mol. The van der Waals surface area contributed by atoms with Gasteiger partial charge >= 0.3 is 0 Å². The van der Waals surface area contributed by atoms with Crippen LogP contribution in [0.4, 0.5) is 0 Å². The molecule has 7 heteroatoms. The Kier molecular flexibility index (Phi) is 5.47. The number of thiophene rings is 1. The Labute approximate surface area is 151 Å². The van der Waals surface area contributed by atoms with Crippen LogP contribution in [-0.4, -0.2) is 27.1 Å². The van der Waals surface area contributed by atoms with Gasteiger partial charge in [-0.05, 0) is 41.3 Å². The lowest BCUT2D eigenvalue weighted by atomic mass is 9.95. The molecule has 0 aliphatic rings. The molecule has 1 aromatic carbocycles. The van der Waals surface area contributed by atoms with Gasteiger partial charge in [0.25, 0.3) is 0 Å². The number of nitrogens with one attached hydrogen (secondary N) is 1. The summed E-state index contributed by atoms with van der Waals surface area (Å²) >= 11 is 1.20. The van der Waals surface area contributed by atoms with E-state index in [0.29, 0.717) is 4.21 Å². The van der Waals surface area contributed by atoms with Crippen LogP contribution in [0.3, 0.4) is 0 Å². The van der Waals surface area contributed by atoms with Crippen molar-refractivity contribution in [3.8, 4) is 5.75 Å². The molecule has 1 N–H and O–H groups in total. The third-order valence-electron chi connectivity index (χ3n) is 3.80.